The molecule has 0 aliphatic rings. The molecule has 0 fully saturated rings. The van der Waals surface area contributed by atoms with Crippen LogP contribution in [0.5, 0.6) is 0 Å². The van der Waals surface area contributed by atoms with Crippen LogP contribution in [-0.4, -0.2) is 6.54 Å². The quantitative estimate of drug-likeness (QED) is 0.586. The van der Waals surface area contributed by atoms with E-state index in [1.807, 2.05) is 12.2 Å². The SMILES string of the molecule is C=C/C(CCCC)=C(\C=C)CCCN. The first kappa shape index (κ1) is 13.2. The van der Waals surface area contributed by atoms with E-state index < -0.39 is 0 Å². The van der Waals surface area contributed by atoms with E-state index in [-0.39, 0.29) is 0 Å². The zero-order valence-corrected chi connectivity index (χ0v) is 9.39. The van der Waals surface area contributed by atoms with Gasteiger partial charge in [0, 0.05) is 0 Å². The Hall–Kier alpha value is -0.820. The number of unbranched alkanes of at least 4 members (excludes halogenated alkanes) is 1. The van der Waals surface area contributed by atoms with Gasteiger partial charge in [-0.05, 0) is 43.4 Å². The molecule has 0 heterocycles. The maximum Gasteiger partial charge on any atom is -0.00741 e. The molecular weight excluding hydrogens is 170 g/mol. The Balaban J connectivity index is 4.37. The summed E-state index contributed by atoms with van der Waals surface area (Å²) in [7, 11) is 0. The second-order valence-corrected chi connectivity index (χ2v) is 3.45. The molecule has 0 aliphatic carbocycles. The summed E-state index contributed by atoms with van der Waals surface area (Å²) in [5.41, 5.74) is 8.15. The van der Waals surface area contributed by atoms with Gasteiger partial charge in [-0.2, -0.15) is 0 Å². The van der Waals surface area contributed by atoms with Crippen molar-refractivity contribution in [3.63, 3.8) is 0 Å². The van der Waals surface area contributed by atoms with Crippen LogP contribution in [0.2, 0.25) is 0 Å². The Bertz CT molecular complexity index is 179. The van der Waals surface area contributed by atoms with Gasteiger partial charge in [-0.1, -0.05) is 38.7 Å². The van der Waals surface area contributed by atoms with Crippen molar-refractivity contribution < 1.29 is 0 Å². The third-order valence-corrected chi connectivity index (χ3v) is 2.36. The lowest BCUT2D eigenvalue weighted by molar-refractivity contribution is 0.776. The number of hydrogen-bond acceptors (Lipinski definition) is 1. The minimum absolute atomic E-state index is 0.746. The Morgan fingerprint density at radius 1 is 1.07 bits per heavy atom. The molecule has 0 aromatic rings. The fourth-order valence-electron chi connectivity index (χ4n) is 1.45. The molecular formula is C13H23N. The second-order valence-electron chi connectivity index (χ2n) is 3.45. The van der Waals surface area contributed by atoms with Crippen molar-refractivity contribution in [2.24, 2.45) is 5.73 Å². The molecule has 0 amide bonds. The number of nitrogens with two attached hydrogens (primary N) is 1. The van der Waals surface area contributed by atoms with Gasteiger partial charge in [-0.3, -0.25) is 0 Å². The maximum absolute atomic E-state index is 5.49. The van der Waals surface area contributed by atoms with E-state index in [4.69, 9.17) is 5.73 Å². The van der Waals surface area contributed by atoms with Crippen LogP contribution >= 0.6 is 0 Å². The summed E-state index contributed by atoms with van der Waals surface area (Å²) in [5.74, 6) is 0. The van der Waals surface area contributed by atoms with Crippen LogP contribution < -0.4 is 5.73 Å². The summed E-state index contributed by atoms with van der Waals surface area (Å²) in [4.78, 5) is 0. The van der Waals surface area contributed by atoms with E-state index in [0.717, 1.165) is 25.8 Å². The molecule has 0 radical (unpaired) electrons. The topological polar surface area (TPSA) is 26.0 Å². The highest BCUT2D eigenvalue weighted by Gasteiger charge is 1.99. The van der Waals surface area contributed by atoms with Gasteiger partial charge in [0.05, 0.1) is 0 Å². The highest BCUT2D eigenvalue weighted by Crippen LogP contribution is 2.18. The van der Waals surface area contributed by atoms with Crippen molar-refractivity contribution >= 4 is 0 Å². The van der Waals surface area contributed by atoms with Crippen LogP contribution in [0.4, 0.5) is 0 Å². The third-order valence-electron chi connectivity index (χ3n) is 2.36. The van der Waals surface area contributed by atoms with Gasteiger partial charge in [0.1, 0.15) is 0 Å². The van der Waals surface area contributed by atoms with Crippen molar-refractivity contribution in [3.05, 3.63) is 36.5 Å². The van der Waals surface area contributed by atoms with Crippen LogP contribution in [-0.2, 0) is 0 Å². The van der Waals surface area contributed by atoms with Gasteiger partial charge in [-0.25, -0.2) is 0 Å². The van der Waals surface area contributed by atoms with Gasteiger partial charge in [0.15, 0.2) is 0 Å². The van der Waals surface area contributed by atoms with Crippen molar-refractivity contribution in [2.75, 3.05) is 6.54 Å². The van der Waals surface area contributed by atoms with Crippen LogP contribution in [0.15, 0.2) is 36.5 Å². The lowest BCUT2D eigenvalue weighted by Gasteiger charge is -2.08. The lowest BCUT2D eigenvalue weighted by atomic mass is 9.99. The predicted molar refractivity (Wildman–Crippen MR) is 65.2 cm³/mol. The van der Waals surface area contributed by atoms with Gasteiger partial charge < -0.3 is 5.73 Å². The largest absolute Gasteiger partial charge is 0.330 e. The highest BCUT2D eigenvalue weighted by atomic mass is 14.5. The van der Waals surface area contributed by atoms with Gasteiger partial charge >= 0.3 is 0 Å². The summed E-state index contributed by atoms with van der Waals surface area (Å²) in [6, 6.07) is 0. The standard InChI is InChI=1S/C13H23N/c1-4-7-9-12(5-2)13(6-3)10-8-11-14/h5-6H,2-4,7-11,14H2,1H3/b13-12-. The lowest BCUT2D eigenvalue weighted by Crippen LogP contribution is -1.99. The van der Waals surface area contributed by atoms with E-state index in [2.05, 4.69) is 20.1 Å². The molecule has 0 atom stereocenters. The van der Waals surface area contributed by atoms with E-state index in [1.54, 1.807) is 0 Å². The van der Waals surface area contributed by atoms with Gasteiger partial charge in [0.25, 0.3) is 0 Å². The molecule has 1 nitrogen and oxygen atoms in total. The molecule has 0 aromatic heterocycles. The third kappa shape index (κ3) is 5.03. The van der Waals surface area contributed by atoms with Gasteiger partial charge in [0.2, 0.25) is 0 Å². The maximum atomic E-state index is 5.49. The first-order valence-corrected chi connectivity index (χ1v) is 5.47. The smallest absolute Gasteiger partial charge is 0.00741 e. The fraction of sp³-hybridized carbons (Fsp3) is 0.538. The molecule has 0 unspecified atom stereocenters. The van der Waals surface area contributed by atoms with Crippen LogP contribution in [0.25, 0.3) is 0 Å². The number of allylic oxidation sites excluding steroid dienone is 4. The molecule has 2 N–H and O–H groups in total. The monoisotopic (exact) mass is 193 g/mol. The summed E-state index contributed by atoms with van der Waals surface area (Å²) in [6.07, 6.45) is 9.54. The molecule has 0 bridgehead atoms. The molecule has 0 spiro atoms. The highest BCUT2D eigenvalue weighted by molar-refractivity contribution is 5.31. The molecule has 80 valence electrons. The molecule has 1 heteroatoms. The summed E-state index contributed by atoms with van der Waals surface area (Å²) in [5, 5.41) is 0. The molecule has 0 aliphatic heterocycles. The molecule has 14 heavy (non-hydrogen) atoms. The summed E-state index contributed by atoms with van der Waals surface area (Å²) >= 11 is 0. The molecule has 0 saturated heterocycles. The van der Waals surface area contributed by atoms with E-state index >= 15 is 0 Å². The number of rotatable bonds is 8. The minimum atomic E-state index is 0.746. The molecule has 0 aromatic carbocycles. The summed E-state index contributed by atoms with van der Waals surface area (Å²) in [6.45, 7) is 10.6. The van der Waals surface area contributed by atoms with Crippen LogP contribution in [0, 0.1) is 0 Å². The average molecular weight is 193 g/mol. The zero-order valence-electron chi connectivity index (χ0n) is 9.39. The van der Waals surface area contributed by atoms with E-state index in [1.165, 1.54) is 24.0 Å². The van der Waals surface area contributed by atoms with Crippen molar-refractivity contribution in [3.8, 4) is 0 Å². The van der Waals surface area contributed by atoms with E-state index in [9.17, 15) is 0 Å². The predicted octanol–water partition coefficient (Wildman–Crippen LogP) is 3.58. The van der Waals surface area contributed by atoms with Gasteiger partial charge in [-0.15, -0.1) is 0 Å². The second kappa shape index (κ2) is 8.76. The molecule has 0 rings (SSSR count). The van der Waals surface area contributed by atoms with Crippen LogP contribution in [0.1, 0.15) is 39.0 Å². The Kier molecular flexibility index (Phi) is 8.25. The normalized spacial score (nSPS) is 12.1. The zero-order chi connectivity index (χ0) is 10.8. The van der Waals surface area contributed by atoms with Crippen molar-refractivity contribution in [2.45, 2.75) is 39.0 Å². The summed E-state index contributed by atoms with van der Waals surface area (Å²) < 4.78 is 0. The van der Waals surface area contributed by atoms with Crippen LogP contribution in [0.3, 0.4) is 0 Å². The Morgan fingerprint density at radius 2 is 1.57 bits per heavy atom. The first-order chi connectivity index (χ1) is 6.79. The Labute approximate surface area is 88.4 Å². The average Bonchev–Trinajstić information content (AvgIpc) is 2.23. The van der Waals surface area contributed by atoms with E-state index in [0.29, 0.717) is 0 Å². The van der Waals surface area contributed by atoms with Crippen molar-refractivity contribution in [1.29, 1.82) is 0 Å². The Morgan fingerprint density at radius 3 is 1.93 bits per heavy atom. The number of hydrogen-bond donors (Lipinski definition) is 1. The fourth-order valence-corrected chi connectivity index (χ4v) is 1.45. The van der Waals surface area contributed by atoms with Crippen molar-refractivity contribution in [1.82, 2.24) is 0 Å². The minimum Gasteiger partial charge on any atom is -0.330 e. The molecule has 0 saturated carbocycles. The first-order valence-electron chi connectivity index (χ1n) is 5.47.